The zero-order chi connectivity index (χ0) is 25.8. The minimum atomic E-state index is -4.67. The third kappa shape index (κ3) is 11.0. The van der Waals surface area contributed by atoms with Gasteiger partial charge >= 0.3 is 27.5 Å². The molecule has 0 atom stereocenters. The number of aromatic nitrogens is 3. The van der Waals surface area contributed by atoms with E-state index in [1.807, 2.05) is 0 Å². The number of hydrogen-bond donors (Lipinski definition) is 0. The van der Waals surface area contributed by atoms with Crippen molar-refractivity contribution < 1.29 is 44.2 Å². The van der Waals surface area contributed by atoms with E-state index < -0.39 is 10.4 Å². The van der Waals surface area contributed by atoms with Gasteiger partial charge in [-0.05, 0) is 50.2 Å². The number of amides is 2. The van der Waals surface area contributed by atoms with Crippen molar-refractivity contribution in [3.8, 4) is 0 Å². The summed E-state index contributed by atoms with van der Waals surface area (Å²) in [6.45, 7) is 3.45. The van der Waals surface area contributed by atoms with Gasteiger partial charge in [0.25, 0.3) is 11.8 Å². The summed E-state index contributed by atoms with van der Waals surface area (Å²) in [7, 11) is -4.67. The molecule has 3 heterocycles. The molecule has 0 saturated carbocycles. The van der Waals surface area contributed by atoms with Gasteiger partial charge in [0.15, 0.2) is 0 Å². The summed E-state index contributed by atoms with van der Waals surface area (Å²) < 4.78 is 31.6. The molecule has 3 aromatic heterocycles. The van der Waals surface area contributed by atoms with Crippen LogP contribution in [0.4, 0.5) is 0 Å². The summed E-state index contributed by atoms with van der Waals surface area (Å²) in [4.78, 5) is 32.3. The molecule has 36 heavy (non-hydrogen) atoms. The number of carbonyl (C=O) groups excluding carboxylic acids is 2. The second-order valence-electron chi connectivity index (χ2n) is 6.56. The Morgan fingerprint density at radius 3 is 1.58 bits per heavy atom. The van der Waals surface area contributed by atoms with Crippen LogP contribution in [0, 0.1) is 0 Å². The molecule has 0 spiro atoms. The van der Waals surface area contributed by atoms with Gasteiger partial charge in [-0.25, -0.2) is 4.98 Å². The Labute approximate surface area is 217 Å². The number of hydrogen-bond acceptors (Lipinski definition) is 8. The summed E-state index contributed by atoms with van der Waals surface area (Å²) in [6, 6.07) is 12.1. The molecule has 188 valence electrons. The molecule has 13 nitrogen and oxygen atoms in total. The van der Waals surface area contributed by atoms with Gasteiger partial charge in [0.2, 0.25) is 0 Å². The minimum absolute atomic E-state index is 0. The number of pyridine rings is 3. The second kappa shape index (κ2) is 14.5. The average molecular weight is 555 g/mol. The number of rotatable bonds is 6. The normalized spacial score (nSPS) is 11.3. The van der Waals surface area contributed by atoms with Gasteiger partial charge in [-0.2, -0.15) is 8.42 Å². The molecule has 0 radical (unpaired) electrons. The van der Waals surface area contributed by atoms with Gasteiger partial charge in [0.1, 0.15) is 0 Å². The van der Waals surface area contributed by atoms with Crippen LogP contribution in [0.25, 0.3) is 10.9 Å². The molecule has 0 unspecified atom stereocenters. The maximum Gasteiger partial charge on any atom is 2.00 e. The van der Waals surface area contributed by atoms with Crippen LogP contribution in [0.2, 0.25) is 0 Å². The van der Waals surface area contributed by atoms with E-state index in [2.05, 4.69) is 36.0 Å². The van der Waals surface area contributed by atoms with Gasteiger partial charge in [0.05, 0.1) is 22.5 Å². The third-order valence-corrected chi connectivity index (χ3v) is 3.92. The van der Waals surface area contributed by atoms with Crippen molar-refractivity contribution in [1.29, 1.82) is 0 Å². The van der Waals surface area contributed by atoms with Crippen LogP contribution in [0.1, 0.15) is 36.4 Å². The molecule has 2 amide bonds. The fourth-order valence-electron chi connectivity index (χ4n) is 2.29. The minimum Gasteiger partial charge on any atom is -0.683 e. The van der Waals surface area contributed by atoms with Crippen LogP contribution in [-0.4, -0.2) is 65.3 Å². The standard InChI is InChI=1S/C21H19N7O2.Fe.H2O4S/c1-14(25-27-20(29)16-6-4-10-22-12-16)18-8-3-9-19(24-18)15(2)26-28-21(30)17-7-5-11-23-13-17;;1-5(2,3)4/h3-13H,1-2H3,(H2,24,27,28,29,30);;(H2,1,2,3,4)/q;+2;. The van der Waals surface area contributed by atoms with Crippen molar-refractivity contribution in [2.24, 2.45) is 10.2 Å². The molecule has 0 aliphatic carbocycles. The summed E-state index contributed by atoms with van der Waals surface area (Å²) >= 11 is 0. The first-order valence-electron chi connectivity index (χ1n) is 9.66. The van der Waals surface area contributed by atoms with Crippen LogP contribution >= 0.6 is 0 Å². The van der Waals surface area contributed by atoms with E-state index in [9.17, 15) is 9.59 Å². The maximum absolute atomic E-state index is 10.00. The molecule has 0 fully saturated rings. The van der Waals surface area contributed by atoms with Gasteiger partial charge in [-0.3, -0.25) is 19.6 Å². The van der Waals surface area contributed by atoms with Crippen molar-refractivity contribution in [2.75, 3.05) is 0 Å². The van der Waals surface area contributed by atoms with Crippen molar-refractivity contribution in [1.82, 2.24) is 15.0 Å². The first-order valence-corrected chi connectivity index (χ1v) is 11.1. The first-order chi connectivity index (χ1) is 16.5. The SMILES string of the molecule is CC(=N[N-]C(=[OH+])c1cccnc1)c1cccc(C(C)=N[N-]C(=[OH+])c2cccnc2)n1.O=S(=O)([O-])[OH2+].[Fe+2]. The molecule has 3 rings (SSSR count). The van der Waals surface area contributed by atoms with Crippen LogP contribution in [0.15, 0.2) is 77.5 Å². The van der Waals surface area contributed by atoms with E-state index in [4.69, 9.17) is 17.5 Å². The molecule has 0 aliphatic heterocycles. The van der Waals surface area contributed by atoms with E-state index in [-0.39, 0.29) is 28.9 Å². The van der Waals surface area contributed by atoms with Gasteiger partial charge in [-0.15, -0.1) is 0 Å². The molecular formula is C21H21FeN7O6S+2. The molecule has 15 heteroatoms. The Hall–Kier alpha value is -3.88. The molecule has 0 bridgehead atoms. The second-order valence-corrected chi connectivity index (χ2v) is 7.47. The Morgan fingerprint density at radius 1 is 0.861 bits per heavy atom. The summed E-state index contributed by atoms with van der Waals surface area (Å²) in [5.74, 6) is -0.479. The molecule has 0 aliphatic rings. The van der Waals surface area contributed by atoms with Gasteiger partial charge < -0.3 is 30.2 Å². The van der Waals surface area contributed by atoms with Gasteiger partial charge in [-0.1, -0.05) is 6.07 Å². The van der Waals surface area contributed by atoms with Crippen LogP contribution < -0.4 is 0 Å². The van der Waals surface area contributed by atoms with E-state index in [1.165, 1.54) is 12.4 Å². The van der Waals surface area contributed by atoms with Crippen molar-refractivity contribution in [2.45, 2.75) is 13.8 Å². The van der Waals surface area contributed by atoms with Gasteiger partial charge in [0, 0.05) is 36.2 Å². The predicted octanol–water partition coefficient (Wildman–Crippen LogP) is 1.34. The van der Waals surface area contributed by atoms with Crippen LogP contribution in [0.3, 0.4) is 0 Å². The predicted molar refractivity (Wildman–Crippen MR) is 129 cm³/mol. The molecule has 4 N–H and O–H groups in total. The average Bonchev–Trinajstić information content (AvgIpc) is 2.85. The molecular weight excluding hydrogens is 534 g/mol. The van der Waals surface area contributed by atoms with Crippen molar-refractivity contribution in [3.05, 3.63) is 101 Å². The Bertz CT molecular complexity index is 1240. The topological polar surface area (TPSA) is 214 Å². The van der Waals surface area contributed by atoms with E-state index in [0.717, 1.165) is 0 Å². The third-order valence-electron chi connectivity index (χ3n) is 3.92. The zero-order valence-electron chi connectivity index (χ0n) is 18.9. The Morgan fingerprint density at radius 2 is 1.25 bits per heavy atom. The summed E-state index contributed by atoms with van der Waals surface area (Å²) in [5, 5.41) is 8.07. The van der Waals surface area contributed by atoms with Crippen molar-refractivity contribution >= 4 is 33.6 Å². The monoisotopic (exact) mass is 555 g/mol. The Kier molecular flexibility index (Phi) is 12.1. The van der Waals surface area contributed by atoms with Crippen LogP contribution in [-0.2, 0) is 27.5 Å². The van der Waals surface area contributed by atoms with E-state index >= 15 is 0 Å². The first kappa shape index (κ1) is 30.2. The van der Waals surface area contributed by atoms with Crippen LogP contribution in [0.5, 0.6) is 0 Å². The smallest absolute Gasteiger partial charge is 0.683 e. The van der Waals surface area contributed by atoms with E-state index in [0.29, 0.717) is 33.9 Å². The fourth-order valence-corrected chi connectivity index (χ4v) is 2.29. The fraction of sp³-hybridized carbons (Fsp3) is 0.0952. The largest absolute Gasteiger partial charge is 2.00 e. The maximum atomic E-state index is 10.00. The summed E-state index contributed by atoms with van der Waals surface area (Å²) in [5.41, 5.74) is 10.7. The quantitative estimate of drug-likeness (QED) is 0.109. The van der Waals surface area contributed by atoms with Crippen molar-refractivity contribution in [3.63, 3.8) is 0 Å². The van der Waals surface area contributed by atoms with E-state index in [1.54, 1.807) is 68.7 Å². The molecule has 0 saturated heterocycles. The Balaban J connectivity index is 0.000000983. The molecule has 3 aromatic rings. The number of nitrogens with zero attached hydrogens (tertiary/aromatic N) is 7. The zero-order valence-corrected chi connectivity index (χ0v) is 20.8. The molecule has 0 aromatic carbocycles. The summed E-state index contributed by atoms with van der Waals surface area (Å²) in [6.07, 6.45) is 6.18.